The molecule has 1 aliphatic heterocycles. The number of aliphatic carboxylic acids is 1. The zero-order valence-electron chi connectivity index (χ0n) is 25.1. The Morgan fingerprint density at radius 2 is 1.82 bits per heavy atom. The number of nitrogens with zero attached hydrogens (tertiary/aromatic N) is 2. The first-order valence-electron chi connectivity index (χ1n) is 14.7. The second-order valence-corrected chi connectivity index (χ2v) is 12.5. The third-order valence-corrected chi connectivity index (χ3v) is 9.29. The van der Waals surface area contributed by atoms with Crippen LogP contribution in [-0.4, -0.2) is 67.1 Å². The molecule has 1 amide bonds. The van der Waals surface area contributed by atoms with Crippen LogP contribution in [0, 0.1) is 13.8 Å². The van der Waals surface area contributed by atoms with Crippen LogP contribution in [0.1, 0.15) is 27.9 Å². The van der Waals surface area contributed by atoms with E-state index in [1.54, 1.807) is 50.4 Å². The van der Waals surface area contributed by atoms with E-state index in [4.69, 9.17) is 0 Å². The quantitative estimate of drug-likeness (QED) is 0.122. The Labute approximate surface area is 262 Å². The molecular formula is C32H37N7O5S. The molecule has 4 aromatic rings. The molecule has 12 nitrogen and oxygen atoms in total. The lowest BCUT2D eigenvalue weighted by Crippen LogP contribution is -2.53. The van der Waals surface area contributed by atoms with Gasteiger partial charge in [-0.05, 0) is 66.9 Å². The van der Waals surface area contributed by atoms with Crippen LogP contribution < -0.4 is 26.0 Å². The smallest absolute Gasteiger partial charge is 0.323 e. The van der Waals surface area contributed by atoms with Crippen molar-refractivity contribution < 1.29 is 23.1 Å². The van der Waals surface area contributed by atoms with Gasteiger partial charge >= 0.3 is 5.97 Å². The third kappa shape index (κ3) is 7.75. The highest BCUT2D eigenvalue weighted by Crippen LogP contribution is 2.28. The van der Waals surface area contributed by atoms with Crippen molar-refractivity contribution in [3.63, 3.8) is 0 Å². The molecule has 1 aliphatic rings. The van der Waals surface area contributed by atoms with E-state index in [1.807, 2.05) is 47.3 Å². The Kier molecular flexibility index (Phi) is 9.93. The van der Waals surface area contributed by atoms with Crippen molar-refractivity contribution in [2.24, 2.45) is 0 Å². The van der Waals surface area contributed by atoms with Crippen LogP contribution in [0.25, 0.3) is 22.0 Å². The largest absolute Gasteiger partial charge is 0.480 e. The molecule has 0 bridgehead atoms. The summed E-state index contributed by atoms with van der Waals surface area (Å²) in [6.45, 7) is 5.15. The molecule has 5 rings (SSSR count). The van der Waals surface area contributed by atoms with Crippen molar-refractivity contribution in [1.82, 2.24) is 35.8 Å². The van der Waals surface area contributed by atoms with Gasteiger partial charge in [0, 0.05) is 37.1 Å². The molecule has 0 spiro atoms. The number of rotatable bonds is 13. The maximum atomic E-state index is 13.4. The van der Waals surface area contributed by atoms with Gasteiger partial charge in [-0.2, -0.15) is 9.82 Å². The molecule has 0 fully saturated rings. The predicted molar refractivity (Wildman–Crippen MR) is 172 cm³/mol. The zero-order valence-corrected chi connectivity index (χ0v) is 25.9. The van der Waals surface area contributed by atoms with Crippen LogP contribution >= 0.6 is 0 Å². The van der Waals surface area contributed by atoms with Crippen molar-refractivity contribution in [3.8, 4) is 11.1 Å². The fourth-order valence-electron chi connectivity index (χ4n) is 5.37. The maximum Gasteiger partial charge on any atom is 0.323 e. The third-order valence-electron chi connectivity index (χ3n) is 7.52. The summed E-state index contributed by atoms with van der Waals surface area (Å²) >= 11 is 0. The topological polar surface area (TPSA) is 166 Å². The molecule has 45 heavy (non-hydrogen) atoms. The number of sulfonamides is 1. The first-order chi connectivity index (χ1) is 21.6. The van der Waals surface area contributed by atoms with Gasteiger partial charge in [-0.25, -0.2) is 8.42 Å². The molecule has 3 aromatic carbocycles. The number of aromatic nitrogens is 2. The minimum atomic E-state index is -4.23. The average molecular weight is 632 g/mol. The number of aryl methyl sites for hydroxylation is 3. The number of benzene rings is 3. The summed E-state index contributed by atoms with van der Waals surface area (Å²) < 4.78 is 30.9. The number of carboxylic acid groups (broad SMARTS) is 1. The Balaban J connectivity index is 1.20. The summed E-state index contributed by atoms with van der Waals surface area (Å²) in [6, 6.07) is 16.6. The van der Waals surface area contributed by atoms with Crippen LogP contribution in [0.4, 0.5) is 0 Å². The molecule has 0 saturated heterocycles. The van der Waals surface area contributed by atoms with Gasteiger partial charge in [-0.1, -0.05) is 48.5 Å². The van der Waals surface area contributed by atoms with E-state index >= 15 is 0 Å². The summed E-state index contributed by atoms with van der Waals surface area (Å²) in [5.41, 5.74) is 3.93. The van der Waals surface area contributed by atoms with Crippen LogP contribution in [0.5, 0.6) is 0 Å². The number of carboxylic acids is 1. The molecule has 2 heterocycles. The number of fused-ring (bicyclic) bond motifs is 1. The molecule has 2 atom stereocenters. The summed E-state index contributed by atoms with van der Waals surface area (Å²) in [6.07, 6.45) is 6.46. The molecule has 13 heteroatoms. The molecule has 0 aliphatic carbocycles. The number of hydrogen-bond donors (Lipinski definition) is 6. The number of carbonyl (C=O) groups excluding carboxylic acids is 1. The van der Waals surface area contributed by atoms with Gasteiger partial charge in [0.25, 0.3) is 5.91 Å². The predicted octanol–water partition coefficient (Wildman–Crippen LogP) is 2.45. The molecular weight excluding hydrogens is 594 g/mol. The van der Waals surface area contributed by atoms with Crippen LogP contribution in [0.2, 0.25) is 0 Å². The van der Waals surface area contributed by atoms with E-state index in [9.17, 15) is 23.1 Å². The van der Waals surface area contributed by atoms with Crippen LogP contribution in [0.3, 0.4) is 0 Å². The monoisotopic (exact) mass is 631 g/mol. The van der Waals surface area contributed by atoms with E-state index in [2.05, 4.69) is 31.1 Å². The fourth-order valence-corrected chi connectivity index (χ4v) is 7.02. The summed E-state index contributed by atoms with van der Waals surface area (Å²) in [7, 11) is -4.23. The SMILES string of the molecule is Cc1cc(-c2ccccc2)cc(C)c1S(=O)(=O)NC(CNC(=O)c1ccc2c(cnn2CCCNC2NC=CCN2)c1)C(=O)O. The van der Waals surface area contributed by atoms with Crippen molar-refractivity contribution in [1.29, 1.82) is 0 Å². The van der Waals surface area contributed by atoms with Gasteiger partial charge in [0.1, 0.15) is 12.3 Å². The standard InChI is InChI=1S/C32H37N7O5S/c1-21-16-25(23-8-4-3-5-9-23)17-22(2)29(21)45(43,44)38-27(31(41)42)20-36-30(40)24-10-11-28-26(18-24)19-37-39(28)15-7-14-35-32-33-12-6-13-34-32/h3-6,8-12,16-19,27,32-35,38H,7,13-15,20H2,1-2H3,(H,36,40)(H,41,42). The molecule has 1 aromatic heterocycles. The normalized spacial score (nSPS) is 15.5. The lowest BCUT2D eigenvalue weighted by Gasteiger charge is -2.22. The van der Waals surface area contributed by atoms with Gasteiger partial charge in [0.2, 0.25) is 10.0 Å². The first kappa shape index (κ1) is 31.9. The van der Waals surface area contributed by atoms with Crippen molar-refractivity contribution in [2.45, 2.75) is 44.0 Å². The maximum absolute atomic E-state index is 13.4. The molecule has 236 valence electrons. The molecule has 0 saturated carbocycles. The van der Waals surface area contributed by atoms with Gasteiger partial charge in [0.15, 0.2) is 0 Å². The Morgan fingerprint density at radius 3 is 2.51 bits per heavy atom. The minimum absolute atomic E-state index is 0.0116. The van der Waals surface area contributed by atoms with Crippen molar-refractivity contribution in [2.75, 3.05) is 19.6 Å². The Hall–Kier alpha value is -4.56. The number of hydrogen-bond acceptors (Lipinski definition) is 8. The summed E-state index contributed by atoms with van der Waals surface area (Å²) in [5, 5.41) is 27.4. The number of amides is 1. The van der Waals surface area contributed by atoms with E-state index in [1.165, 1.54) is 0 Å². The van der Waals surface area contributed by atoms with Gasteiger partial charge in [-0.15, -0.1) is 0 Å². The molecule has 6 N–H and O–H groups in total. The van der Waals surface area contributed by atoms with E-state index in [0.29, 0.717) is 23.2 Å². The van der Waals surface area contributed by atoms with E-state index < -0.39 is 34.5 Å². The average Bonchev–Trinajstić information content (AvgIpc) is 3.43. The highest BCUT2D eigenvalue weighted by atomic mass is 32.2. The highest BCUT2D eigenvalue weighted by molar-refractivity contribution is 7.89. The van der Waals surface area contributed by atoms with Gasteiger partial charge in [0.05, 0.1) is 16.6 Å². The lowest BCUT2D eigenvalue weighted by molar-refractivity contribution is -0.138. The summed E-state index contributed by atoms with van der Waals surface area (Å²) in [5.74, 6) is -1.94. The van der Waals surface area contributed by atoms with Gasteiger partial charge in [-0.3, -0.25) is 24.9 Å². The van der Waals surface area contributed by atoms with E-state index in [0.717, 1.165) is 41.5 Å². The van der Waals surface area contributed by atoms with Crippen molar-refractivity contribution in [3.05, 3.63) is 95.8 Å². The number of nitrogens with one attached hydrogen (secondary N) is 5. The van der Waals surface area contributed by atoms with Gasteiger partial charge < -0.3 is 15.7 Å². The van der Waals surface area contributed by atoms with Crippen LogP contribution in [0.15, 0.2) is 84.0 Å². The second kappa shape index (κ2) is 14.0. The minimum Gasteiger partial charge on any atom is -0.480 e. The summed E-state index contributed by atoms with van der Waals surface area (Å²) in [4.78, 5) is 25.0. The highest BCUT2D eigenvalue weighted by Gasteiger charge is 2.28. The van der Waals surface area contributed by atoms with E-state index in [-0.39, 0.29) is 11.2 Å². The number of carbonyl (C=O) groups is 2. The molecule has 2 unspecified atom stereocenters. The zero-order chi connectivity index (χ0) is 32.0. The van der Waals surface area contributed by atoms with Crippen molar-refractivity contribution >= 4 is 32.8 Å². The Bertz CT molecular complexity index is 1800. The Morgan fingerprint density at radius 1 is 1.07 bits per heavy atom. The lowest BCUT2D eigenvalue weighted by atomic mass is 10.0. The van der Waals surface area contributed by atoms with Crippen LogP contribution in [-0.2, 0) is 21.4 Å². The second-order valence-electron chi connectivity index (χ2n) is 10.9. The fraction of sp³-hybridized carbons (Fsp3) is 0.281. The molecule has 0 radical (unpaired) electrons. The first-order valence-corrected chi connectivity index (χ1v) is 16.1.